The van der Waals surface area contributed by atoms with Gasteiger partial charge in [-0.3, -0.25) is 4.79 Å². The minimum Gasteiger partial charge on any atom is -0.468 e. The van der Waals surface area contributed by atoms with Crippen LogP contribution in [-0.2, 0) is 9.53 Å². The summed E-state index contributed by atoms with van der Waals surface area (Å²) >= 11 is 0. The molecule has 8 heteroatoms. The number of esters is 1. The van der Waals surface area contributed by atoms with Gasteiger partial charge in [-0.15, -0.1) is 13.2 Å². The molecule has 0 radical (unpaired) electrons. The molecule has 18 heavy (non-hydrogen) atoms. The van der Waals surface area contributed by atoms with Crippen LogP contribution in [0.15, 0.2) is 18.2 Å². The average Bonchev–Trinajstić information content (AvgIpc) is 2.28. The van der Waals surface area contributed by atoms with Crippen molar-refractivity contribution in [3.8, 4) is 5.75 Å². The Balaban J connectivity index is 2.95. The first-order chi connectivity index (χ1) is 8.24. The first kappa shape index (κ1) is 14.2. The number of ether oxygens (including phenoxy) is 2. The second-order valence-corrected chi connectivity index (χ2v) is 3.24. The average molecular weight is 267 g/mol. The molecule has 0 spiro atoms. The summed E-state index contributed by atoms with van der Waals surface area (Å²) < 4.78 is 56.6. The number of hydrogen-bond donors (Lipinski definition) is 1. The lowest BCUT2D eigenvalue weighted by Gasteiger charge is -2.13. The Morgan fingerprint density at radius 3 is 2.44 bits per heavy atom. The molecule has 1 unspecified atom stereocenters. The maximum Gasteiger partial charge on any atom is 0.573 e. The first-order valence-corrected chi connectivity index (χ1v) is 4.63. The van der Waals surface area contributed by atoms with Gasteiger partial charge in [-0.2, -0.15) is 0 Å². The van der Waals surface area contributed by atoms with E-state index in [9.17, 15) is 22.4 Å². The van der Waals surface area contributed by atoms with Crippen molar-refractivity contribution in [1.29, 1.82) is 0 Å². The zero-order valence-electron chi connectivity index (χ0n) is 9.12. The molecular formula is C10H9F4NO3. The molecule has 0 aliphatic heterocycles. The van der Waals surface area contributed by atoms with Crippen molar-refractivity contribution >= 4 is 5.97 Å². The van der Waals surface area contributed by atoms with Crippen LogP contribution < -0.4 is 10.5 Å². The molecule has 0 saturated heterocycles. The van der Waals surface area contributed by atoms with Gasteiger partial charge in [-0.05, 0) is 17.7 Å². The normalized spacial score (nSPS) is 13.0. The van der Waals surface area contributed by atoms with Crippen LogP contribution in [0.3, 0.4) is 0 Å². The molecule has 100 valence electrons. The molecule has 0 bridgehead atoms. The quantitative estimate of drug-likeness (QED) is 0.671. The Bertz CT molecular complexity index is 447. The molecule has 0 aliphatic carbocycles. The van der Waals surface area contributed by atoms with E-state index in [1.165, 1.54) is 0 Å². The molecule has 0 saturated carbocycles. The number of benzene rings is 1. The van der Waals surface area contributed by atoms with Gasteiger partial charge >= 0.3 is 12.3 Å². The molecule has 0 fully saturated rings. The Kier molecular flexibility index (Phi) is 4.12. The second-order valence-electron chi connectivity index (χ2n) is 3.24. The third-order valence-corrected chi connectivity index (χ3v) is 2.00. The van der Waals surface area contributed by atoms with Gasteiger partial charge in [-0.25, -0.2) is 4.39 Å². The Morgan fingerprint density at radius 2 is 2.00 bits per heavy atom. The van der Waals surface area contributed by atoms with Crippen LogP contribution in [-0.4, -0.2) is 19.4 Å². The monoisotopic (exact) mass is 267 g/mol. The van der Waals surface area contributed by atoms with Crippen molar-refractivity contribution in [2.75, 3.05) is 7.11 Å². The second kappa shape index (κ2) is 5.21. The van der Waals surface area contributed by atoms with Crippen LogP contribution in [0, 0.1) is 5.82 Å². The van der Waals surface area contributed by atoms with Crippen molar-refractivity contribution in [3.63, 3.8) is 0 Å². The highest BCUT2D eigenvalue weighted by Gasteiger charge is 2.32. The highest BCUT2D eigenvalue weighted by molar-refractivity contribution is 5.77. The molecule has 0 aliphatic rings. The summed E-state index contributed by atoms with van der Waals surface area (Å²) in [5.74, 6) is -3.11. The fourth-order valence-electron chi connectivity index (χ4n) is 1.18. The van der Waals surface area contributed by atoms with Crippen molar-refractivity contribution in [3.05, 3.63) is 29.6 Å². The van der Waals surface area contributed by atoms with E-state index in [1.54, 1.807) is 0 Å². The number of rotatable bonds is 3. The molecule has 0 amide bonds. The number of halogens is 4. The summed E-state index contributed by atoms with van der Waals surface area (Å²) in [4.78, 5) is 11.1. The Hall–Kier alpha value is -1.83. The lowest BCUT2D eigenvalue weighted by atomic mass is 10.1. The standard InChI is InChI=1S/C10H9F4NO3/c1-17-9(16)8(15)5-2-3-7(6(11)4-5)18-10(12,13)14/h2-4,8H,15H2,1H3. The summed E-state index contributed by atoms with van der Waals surface area (Å²) in [5, 5.41) is 0. The van der Waals surface area contributed by atoms with E-state index in [2.05, 4.69) is 9.47 Å². The number of nitrogens with two attached hydrogens (primary N) is 1. The van der Waals surface area contributed by atoms with Gasteiger partial charge in [0.25, 0.3) is 0 Å². The molecule has 0 heterocycles. The fraction of sp³-hybridized carbons (Fsp3) is 0.300. The van der Waals surface area contributed by atoms with E-state index in [4.69, 9.17) is 5.73 Å². The minimum absolute atomic E-state index is 0.0196. The molecule has 1 atom stereocenters. The van der Waals surface area contributed by atoms with Gasteiger partial charge in [0.1, 0.15) is 6.04 Å². The molecule has 4 nitrogen and oxygen atoms in total. The van der Waals surface area contributed by atoms with Crippen molar-refractivity contribution < 1.29 is 31.8 Å². The first-order valence-electron chi connectivity index (χ1n) is 4.63. The highest BCUT2D eigenvalue weighted by Crippen LogP contribution is 2.27. The molecule has 1 rings (SSSR count). The molecule has 1 aromatic carbocycles. The van der Waals surface area contributed by atoms with Crippen LogP contribution in [0.5, 0.6) is 5.75 Å². The zero-order chi connectivity index (χ0) is 13.9. The van der Waals surface area contributed by atoms with Crippen LogP contribution in [0.2, 0.25) is 0 Å². The van der Waals surface area contributed by atoms with E-state index >= 15 is 0 Å². The van der Waals surface area contributed by atoms with E-state index in [1.807, 2.05) is 0 Å². The van der Waals surface area contributed by atoms with E-state index in [-0.39, 0.29) is 5.56 Å². The van der Waals surface area contributed by atoms with Gasteiger partial charge in [0, 0.05) is 0 Å². The fourth-order valence-corrected chi connectivity index (χ4v) is 1.18. The maximum absolute atomic E-state index is 13.3. The van der Waals surface area contributed by atoms with Gasteiger partial charge in [0.15, 0.2) is 11.6 Å². The summed E-state index contributed by atoms with van der Waals surface area (Å²) in [7, 11) is 1.08. The summed E-state index contributed by atoms with van der Waals surface area (Å²) in [6.45, 7) is 0. The smallest absolute Gasteiger partial charge is 0.468 e. The topological polar surface area (TPSA) is 61.5 Å². The highest BCUT2D eigenvalue weighted by atomic mass is 19.4. The molecular weight excluding hydrogens is 258 g/mol. The van der Waals surface area contributed by atoms with Crippen molar-refractivity contribution in [2.24, 2.45) is 5.73 Å². The van der Waals surface area contributed by atoms with Gasteiger partial charge in [-0.1, -0.05) is 6.07 Å². The number of alkyl halides is 3. The van der Waals surface area contributed by atoms with Crippen LogP contribution in [0.4, 0.5) is 17.6 Å². The molecule has 0 aromatic heterocycles. The van der Waals surface area contributed by atoms with Crippen molar-refractivity contribution in [2.45, 2.75) is 12.4 Å². The third-order valence-electron chi connectivity index (χ3n) is 2.00. The van der Waals surface area contributed by atoms with E-state index in [0.717, 1.165) is 19.2 Å². The SMILES string of the molecule is COC(=O)C(N)c1ccc(OC(F)(F)F)c(F)c1. The predicted octanol–water partition coefficient (Wildman–Crippen LogP) is 1.90. The zero-order valence-corrected chi connectivity index (χ0v) is 9.12. The summed E-state index contributed by atoms with van der Waals surface area (Å²) in [6.07, 6.45) is -4.99. The van der Waals surface area contributed by atoms with Crippen LogP contribution >= 0.6 is 0 Å². The van der Waals surface area contributed by atoms with Crippen LogP contribution in [0.1, 0.15) is 11.6 Å². The number of hydrogen-bond acceptors (Lipinski definition) is 4. The van der Waals surface area contributed by atoms with E-state index < -0.39 is 29.9 Å². The minimum atomic E-state index is -4.99. The summed E-state index contributed by atoms with van der Waals surface area (Å²) in [5.41, 5.74) is 5.37. The largest absolute Gasteiger partial charge is 0.573 e. The molecule has 2 N–H and O–H groups in total. The summed E-state index contributed by atoms with van der Waals surface area (Å²) in [6, 6.07) is 1.19. The maximum atomic E-state index is 13.3. The predicted molar refractivity (Wildman–Crippen MR) is 52.0 cm³/mol. The lowest BCUT2D eigenvalue weighted by molar-refractivity contribution is -0.275. The van der Waals surface area contributed by atoms with E-state index in [0.29, 0.717) is 6.07 Å². The third kappa shape index (κ3) is 3.59. The van der Waals surface area contributed by atoms with Gasteiger partial charge < -0.3 is 15.2 Å². The van der Waals surface area contributed by atoms with Gasteiger partial charge in [0.05, 0.1) is 7.11 Å². The van der Waals surface area contributed by atoms with Crippen molar-refractivity contribution in [1.82, 2.24) is 0 Å². The number of methoxy groups -OCH3 is 1. The molecule has 1 aromatic rings. The number of carbonyl (C=O) groups excluding carboxylic acids is 1. The van der Waals surface area contributed by atoms with Crippen LogP contribution in [0.25, 0.3) is 0 Å². The lowest BCUT2D eigenvalue weighted by Crippen LogP contribution is -2.23. The Morgan fingerprint density at radius 1 is 1.39 bits per heavy atom. The van der Waals surface area contributed by atoms with Gasteiger partial charge in [0.2, 0.25) is 0 Å². The Labute approximate surface area is 99.3 Å². The number of carbonyl (C=O) groups is 1.